The number of nitrogens with one attached hydrogen (secondary N) is 1. The summed E-state index contributed by atoms with van der Waals surface area (Å²) in [5.41, 5.74) is 5.86. The van der Waals surface area contributed by atoms with Gasteiger partial charge in [-0.2, -0.15) is 0 Å². The van der Waals surface area contributed by atoms with Crippen molar-refractivity contribution < 1.29 is 14.2 Å². The van der Waals surface area contributed by atoms with E-state index in [2.05, 4.69) is 59.8 Å². The number of benzene rings is 3. The number of H-pyrrole nitrogens is 1. The van der Waals surface area contributed by atoms with E-state index in [1.807, 2.05) is 30.3 Å². The van der Waals surface area contributed by atoms with Crippen molar-refractivity contribution >= 4 is 22.5 Å². The van der Waals surface area contributed by atoms with Gasteiger partial charge in [0.2, 0.25) is 0 Å². The Hall–Kier alpha value is -3.41. The number of aromatic amines is 1. The Morgan fingerprint density at radius 2 is 1.71 bits per heavy atom. The molecule has 1 aliphatic heterocycles. The Labute approximate surface area is 230 Å². The minimum absolute atomic E-state index is 0.0778. The Balaban J connectivity index is 1.41. The van der Waals surface area contributed by atoms with Crippen molar-refractivity contribution in [1.29, 1.82) is 0 Å². The lowest BCUT2D eigenvalue weighted by molar-refractivity contribution is 0.174. The van der Waals surface area contributed by atoms with E-state index in [9.17, 15) is 0 Å². The smallest absolute Gasteiger partial charge is 0.189 e. The number of aromatic nitrogens is 1. The van der Waals surface area contributed by atoms with E-state index in [4.69, 9.17) is 25.8 Å². The van der Waals surface area contributed by atoms with Crippen molar-refractivity contribution in [3.8, 4) is 11.5 Å². The van der Waals surface area contributed by atoms with E-state index in [0.29, 0.717) is 12.5 Å². The molecule has 0 bridgehead atoms. The zero-order chi connectivity index (χ0) is 26.5. The van der Waals surface area contributed by atoms with Gasteiger partial charge in [0.15, 0.2) is 5.88 Å². The number of ether oxygens (including phenoxy) is 3. The van der Waals surface area contributed by atoms with Gasteiger partial charge in [-0.3, -0.25) is 0 Å². The van der Waals surface area contributed by atoms with Crippen LogP contribution in [0.3, 0.4) is 0 Å². The van der Waals surface area contributed by atoms with Crippen LogP contribution in [-0.4, -0.2) is 36.8 Å². The van der Waals surface area contributed by atoms with Gasteiger partial charge in [-0.1, -0.05) is 41.4 Å². The third-order valence-electron chi connectivity index (χ3n) is 7.12. The zero-order valence-electron chi connectivity index (χ0n) is 22.1. The molecular weight excluding hydrogens is 496 g/mol. The largest absolute Gasteiger partial charge is 0.494 e. The highest BCUT2D eigenvalue weighted by Crippen LogP contribution is 2.41. The molecule has 6 heteroatoms. The van der Waals surface area contributed by atoms with Crippen molar-refractivity contribution in [1.82, 2.24) is 9.88 Å². The van der Waals surface area contributed by atoms with E-state index in [0.717, 1.165) is 72.1 Å². The first-order chi connectivity index (χ1) is 18.5. The minimum atomic E-state index is -0.0778. The second kappa shape index (κ2) is 12.0. The first-order valence-corrected chi connectivity index (χ1v) is 13.6. The van der Waals surface area contributed by atoms with Crippen LogP contribution in [0.15, 0.2) is 79.2 Å². The first-order valence-electron chi connectivity index (χ1n) is 13.3. The zero-order valence-corrected chi connectivity index (χ0v) is 22.9. The lowest BCUT2D eigenvalue weighted by Crippen LogP contribution is -2.36. The maximum atomic E-state index is 6.37. The van der Waals surface area contributed by atoms with Crippen LogP contribution in [0, 0.1) is 6.92 Å². The summed E-state index contributed by atoms with van der Waals surface area (Å²) in [4.78, 5) is 5.92. The van der Waals surface area contributed by atoms with Gasteiger partial charge in [-0.15, -0.1) is 0 Å². The molecule has 198 valence electrons. The fourth-order valence-corrected chi connectivity index (χ4v) is 5.31. The predicted octanol–water partition coefficient (Wildman–Crippen LogP) is 7.82. The number of rotatable bonds is 11. The van der Waals surface area contributed by atoms with E-state index >= 15 is 0 Å². The lowest BCUT2D eigenvalue weighted by atomic mass is 9.92. The number of hydrogen-bond acceptors (Lipinski definition) is 4. The molecule has 1 atom stereocenters. The van der Waals surface area contributed by atoms with Crippen molar-refractivity contribution in [2.24, 2.45) is 0 Å². The van der Waals surface area contributed by atoms with Gasteiger partial charge < -0.3 is 24.1 Å². The molecule has 1 N–H and O–H groups in total. The van der Waals surface area contributed by atoms with Gasteiger partial charge in [0.1, 0.15) is 11.5 Å². The van der Waals surface area contributed by atoms with Crippen molar-refractivity contribution in [2.75, 3.05) is 26.9 Å². The Kier molecular flexibility index (Phi) is 8.26. The summed E-state index contributed by atoms with van der Waals surface area (Å²) in [5, 5.41) is 1.92. The third kappa shape index (κ3) is 5.85. The summed E-state index contributed by atoms with van der Waals surface area (Å²) in [6.45, 7) is 8.68. The molecule has 0 aliphatic carbocycles. The number of unbranched alkanes of at least 4 members (excludes halogenated alkanes) is 2. The van der Waals surface area contributed by atoms with E-state index < -0.39 is 0 Å². The molecule has 2 heterocycles. The number of hydrogen-bond donors (Lipinski definition) is 1. The first kappa shape index (κ1) is 26.2. The predicted molar refractivity (Wildman–Crippen MR) is 154 cm³/mol. The Bertz CT molecular complexity index is 1380. The van der Waals surface area contributed by atoms with Crippen LogP contribution in [0.25, 0.3) is 10.9 Å². The second-order valence-corrected chi connectivity index (χ2v) is 10.3. The third-order valence-corrected chi connectivity index (χ3v) is 7.36. The number of aryl methyl sites for hydroxylation is 1. The molecule has 5 rings (SSSR count). The normalized spacial score (nSPS) is 14.9. The van der Waals surface area contributed by atoms with Crippen LogP contribution in [0.2, 0.25) is 5.02 Å². The molecule has 1 unspecified atom stereocenters. The molecule has 4 aromatic rings. The van der Waals surface area contributed by atoms with Gasteiger partial charge >= 0.3 is 0 Å². The number of fused-ring (bicyclic) bond motifs is 3. The van der Waals surface area contributed by atoms with Gasteiger partial charge in [0, 0.05) is 41.9 Å². The van der Waals surface area contributed by atoms with Crippen LogP contribution >= 0.6 is 11.6 Å². The molecule has 0 amide bonds. The topological polar surface area (TPSA) is 46.7 Å². The monoisotopic (exact) mass is 530 g/mol. The van der Waals surface area contributed by atoms with Crippen LogP contribution in [0.5, 0.6) is 11.5 Å². The molecule has 0 saturated heterocycles. The molecular formula is C32H35ClN2O3. The van der Waals surface area contributed by atoms with E-state index in [-0.39, 0.29) is 6.04 Å². The van der Waals surface area contributed by atoms with Crippen molar-refractivity contribution in [3.63, 3.8) is 0 Å². The molecule has 5 nitrogen and oxygen atoms in total. The quantitative estimate of drug-likeness (QED) is 0.158. The minimum Gasteiger partial charge on any atom is -0.494 e. The Morgan fingerprint density at radius 3 is 2.47 bits per heavy atom. The van der Waals surface area contributed by atoms with Crippen LogP contribution in [0.1, 0.15) is 47.7 Å². The summed E-state index contributed by atoms with van der Waals surface area (Å²) < 4.78 is 17.4. The molecule has 0 fully saturated rings. The average Bonchev–Trinajstić information content (AvgIpc) is 3.29. The van der Waals surface area contributed by atoms with Gasteiger partial charge in [-0.05, 0) is 92.8 Å². The highest BCUT2D eigenvalue weighted by Gasteiger charge is 2.33. The summed E-state index contributed by atoms with van der Waals surface area (Å²) in [6.07, 6.45) is 4.04. The number of halogens is 1. The summed E-state index contributed by atoms with van der Waals surface area (Å²) in [7, 11) is 1.74. The summed E-state index contributed by atoms with van der Waals surface area (Å²) in [6, 6.07) is 22.4. The molecule has 0 radical (unpaired) electrons. The molecule has 1 aromatic heterocycles. The average molecular weight is 531 g/mol. The lowest BCUT2D eigenvalue weighted by Gasteiger charge is -2.38. The van der Waals surface area contributed by atoms with Crippen molar-refractivity contribution in [3.05, 3.63) is 107 Å². The Morgan fingerprint density at radius 1 is 0.974 bits per heavy atom. The molecule has 0 saturated carbocycles. The van der Waals surface area contributed by atoms with E-state index in [1.165, 1.54) is 16.5 Å². The summed E-state index contributed by atoms with van der Waals surface area (Å²) in [5.74, 6) is 2.28. The highest BCUT2D eigenvalue weighted by atomic mass is 35.5. The standard InChI is InChI=1S/C32H35ClN2O3/c1-22-7-12-27(13-8-22)38-23(2)35-18-17-28-29-21-25(33)11-16-30(29)34-31(28)32(35)24-9-14-26(15-10-24)37-20-6-4-5-19-36-3/h7-16,21,32,34H,2,4-6,17-20H2,1,3H3. The van der Waals surface area contributed by atoms with Gasteiger partial charge in [0.25, 0.3) is 0 Å². The number of nitrogens with zero attached hydrogens (tertiary/aromatic N) is 1. The maximum Gasteiger partial charge on any atom is 0.189 e. The van der Waals surface area contributed by atoms with Gasteiger partial charge in [-0.25, -0.2) is 0 Å². The molecule has 3 aromatic carbocycles. The van der Waals surface area contributed by atoms with Crippen molar-refractivity contribution in [2.45, 2.75) is 38.6 Å². The van der Waals surface area contributed by atoms with Crippen LogP contribution in [0.4, 0.5) is 0 Å². The molecule has 0 spiro atoms. The SMILES string of the molecule is C=C(Oc1ccc(C)cc1)N1CCc2c([nH]c3ccc(Cl)cc23)C1c1ccc(OCCCCCOC)cc1. The molecule has 38 heavy (non-hydrogen) atoms. The highest BCUT2D eigenvalue weighted by molar-refractivity contribution is 6.31. The fourth-order valence-electron chi connectivity index (χ4n) is 5.14. The second-order valence-electron chi connectivity index (χ2n) is 9.83. The molecule has 1 aliphatic rings. The van der Waals surface area contributed by atoms with E-state index in [1.54, 1.807) is 7.11 Å². The van der Waals surface area contributed by atoms with Crippen LogP contribution in [-0.2, 0) is 11.2 Å². The number of methoxy groups -OCH3 is 1. The van der Waals surface area contributed by atoms with Crippen LogP contribution < -0.4 is 9.47 Å². The fraction of sp³-hybridized carbons (Fsp3) is 0.312. The van der Waals surface area contributed by atoms with Gasteiger partial charge in [0.05, 0.1) is 12.6 Å². The maximum absolute atomic E-state index is 6.37. The summed E-state index contributed by atoms with van der Waals surface area (Å²) >= 11 is 6.37.